The van der Waals surface area contributed by atoms with Crippen molar-refractivity contribution in [3.8, 4) is 17.2 Å². The molecular formula is C25H24N2O4S. The summed E-state index contributed by atoms with van der Waals surface area (Å²) in [4.78, 5) is 4.58. The average molecular weight is 449 g/mol. The number of aryl methyl sites for hydroxylation is 2. The third-order valence-electron chi connectivity index (χ3n) is 5.17. The molecule has 0 amide bonds. The van der Waals surface area contributed by atoms with Crippen LogP contribution in [0.5, 0.6) is 5.75 Å². The van der Waals surface area contributed by atoms with Gasteiger partial charge in [0, 0.05) is 12.1 Å². The van der Waals surface area contributed by atoms with Crippen molar-refractivity contribution in [2.75, 3.05) is 12.4 Å². The first-order chi connectivity index (χ1) is 15.4. The molecule has 0 fully saturated rings. The maximum atomic E-state index is 13.4. The number of rotatable bonds is 7. The molecule has 0 aliphatic rings. The van der Waals surface area contributed by atoms with E-state index in [2.05, 4.69) is 10.3 Å². The molecule has 4 rings (SSSR count). The quantitative estimate of drug-likeness (QED) is 0.407. The molecule has 0 unspecified atom stereocenters. The molecule has 0 bridgehead atoms. The van der Waals surface area contributed by atoms with Crippen molar-refractivity contribution < 1.29 is 17.6 Å². The maximum absolute atomic E-state index is 13.4. The van der Waals surface area contributed by atoms with E-state index >= 15 is 0 Å². The van der Waals surface area contributed by atoms with Crippen LogP contribution in [0.3, 0.4) is 0 Å². The summed E-state index contributed by atoms with van der Waals surface area (Å²) in [6, 6.07) is 21.8. The lowest BCUT2D eigenvalue weighted by molar-refractivity contribution is 0.414. The molecule has 0 atom stereocenters. The van der Waals surface area contributed by atoms with E-state index in [0.29, 0.717) is 6.54 Å². The van der Waals surface area contributed by atoms with E-state index in [-0.39, 0.29) is 21.7 Å². The highest BCUT2D eigenvalue weighted by Crippen LogP contribution is 2.33. The number of nitrogens with one attached hydrogen (secondary N) is 1. The van der Waals surface area contributed by atoms with Crippen molar-refractivity contribution in [1.82, 2.24) is 4.98 Å². The van der Waals surface area contributed by atoms with Crippen LogP contribution in [0.4, 0.5) is 5.88 Å². The van der Waals surface area contributed by atoms with Gasteiger partial charge in [-0.15, -0.1) is 0 Å². The van der Waals surface area contributed by atoms with E-state index in [1.165, 1.54) is 0 Å². The highest BCUT2D eigenvalue weighted by atomic mass is 32.2. The number of nitrogens with zero attached hydrogens (tertiary/aromatic N) is 1. The molecule has 1 N–H and O–H groups in total. The summed E-state index contributed by atoms with van der Waals surface area (Å²) < 4.78 is 38.0. The van der Waals surface area contributed by atoms with Crippen LogP contribution >= 0.6 is 0 Å². The first kappa shape index (κ1) is 21.6. The lowest BCUT2D eigenvalue weighted by atomic mass is 10.1. The Morgan fingerprint density at radius 1 is 0.938 bits per heavy atom. The number of aromatic nitrogens is 1. The van der Waals surface area contributed by atoms with Crippen LogP contribution in [-0.2, 0) is 16.4 Å². The second-order valence-corrected chi connectivity index (χ2v) is 9.35. The number of hydrogen-bond acceptors (Lipinski definition) is 6. The smallest absolute Gasteiger partial charge is 0.234 e. The molecule has 0 saturated carbocycles. The largest absolute Gasteiger partial charge is 0.497 e. The lowest BCUT2D eigenvalue weighted by Crippen LogP contribution is -2.07. The van der Waals surface area contributed by atoms with Crippen LogP contribution in [0, 0.1) is 13.8 Å². The van der Waals surface area contributed by atoms with Gasteiger partial charge in [-0.25, -0.2) is 8.42 Å². The van der Waals surface area contributed by atoms with Crippen molar-refractivity contribution in [2.24, 2.45) is 0 Å². The van der Waals surface area contributed by atoms with Gasteiger partial charge < -0.3 is 14.5 Å². The first-order valence-corrected chi connectivity index (χ1v) is 11.6. The van der Waals surface area contributed by atoms with Gasteiger partial charge in [-0.2, -0.15) is 4.98 Å². The molecule has 32 heavy (non-hydrogen) atoms. The fraction of sp³-hybridized carbons (Fsp3) is 0.160. The summed E-state index contributed by atoms with van der Waals surface area (Å²) >= 11 is 0. The highest BCUT2D eigenvalue weighted by Gasteiger charge is 2.28. The molecule has 0 aliphatic carbocycles. The van der Waals surface area contributed by atoms with Gasteiger partial charge >= 0.3 is 0 Å². The lowest BCUT2D eigenvalue weighted by Gasteiger charge is -2.07. The van der Waals surface area contributed by atoms with Crippen LogP contribution in [0.15, 0.2) is 87.1 Å². The molecular weight excluding hydrogens is 424 g/mol. The Morgan fingerprint density at radius 3 is 2.28 bits per heavy atom. The summed E-state index contributed by atoms with van der Waals surface area (Å²) in [6.07, 6.45) is 0. The summed E-state index contributed by atoms with van der Waals surface area (Å²) in [7, 11) is -2.28. The number of sulfone groups is 1. The molecule has 3 aromatic carbocycles. The SMILES string of the molecule is COc1ccc(CNc2oc(-c3ccccc3C)nc2S(=O)(=O)c2ccc(C)cc2)cc1. The Labute approximate surface area is 187 Å². The summed E-state index contributed by atoms with van der Waals surface area (Å²) in [5, 5.41) is 2.98. The molecule has 0 aliphatic heterocycles. The minimum Gasteiger partial charge on any atom is -0.497 e. The van der Waals surface area contributed by atoms with Gasteiger partial charge in [0.25, 0.3) is 0 Å². The summed E-state index contributed by atoms with van der Waals surface area (Å²) in [5.74, 6) is 1.11. The molecule has 1 aromatic heterocycles. The van der Waals surface area contributed by atoms with Crippen molar-refractivity contribution in [3.05, 3.63) is 89.5 Å². The molecule has 0 saturated heterocycles. The molecule has 0 radical (unpaired) electrons. The van der Waals surface area contributed by atoms with E-state index in [1.807, 2.05) is 62.4 Å². The summed E-state index contributed by atoms with van der Waals surface area (Å²) in [6.45, 7) is 4.20. The first-order valence-electron chi connectivity index (χ1n) is 10.1. The second kappa shape index (κ2) is 8.88. The van der Waals surface area contributed by atoms with Gasteiger partial charge in [-0.05, 0) is 55.3 Å². The van der Waals surface area contributed by atoms with Crippen LogP contribution in [0.1, 0.15) is 16.7 Å². The Hall–Kier alpha value is -3.58. The van der Waals surface area contributed by atoms with Gasteiger partial charge in [0.15, 0.2) is 0 Å². The number of oxazole rings is 1. The number of methoxy groups -OCH3 is 1. The standard InChI is InChI=1S/C25H24N2O4S/c1-17-8-14-21(15-9-17)32(28,29)25-24(26-16-19-10-12-20(30-3)13-11-19)31-23(27-25)22-7-5-4-6-18(22)2/h4-15,26H,16H2,1-3H3. The minimum absolute atomic E-state index is 0.111. The maximum Gasteiger partial charge on any atom is 0.234 e. The van der Waals surface area contributed by atoms with Crippen LogP contribution < -0.4 is 10.1 Å². The fourth-order valence-corrected chi connectivity index (χ4v) is 4.56. The van der Waals surface area contributed by atoms with E-state index in [4.69, 9.17) is 9.15 Å². The number of anilines is 1. The fourth-order valence-electron chi connectivity index (χ4n) is 3.28. The van der Waals surface area contributed by atoms with Gasteiger partial charge in [-0.1, -0.05) is 48.0 Å². The van der Waals surface area contributed by atoms with Crippen molar-refractivity contribution in [2.45, 2.75) is 30.3 Å². The topological polar surface area (TPSA) is 81.4 Å². The van der Waals surface area contributed by atoms with E-state index in [9.17, 15) is 8.42 Å². The predicted molar refractivity (Wildman–Crippen MR) is 124 cm³/mol. The Bertz CT molecular complexity index is 1330. The molecule has 1 heterocycles. The third kappa shape index (κ3) is 4.38. The van der Waals surface area contributed by atoms with E-state index in [1.54, 1.807) is 31.4 Å². The number of ether oxygens (including phenoxy) is 1. The zero-order valence-corrected chi connectivity index (χ0v) is 18.9. The Balaban J connectivity index is 1.74. The van der Waals surface area contributed by atoms with Gasteiger partial charge in [0.1, 0.15) is 5.75 Å². The molecule has 4 aromatic rings. The normalized spacial score (nSPS) is 11.3. The molecule has 0 spiro atoms. The zero-order chi connectivity index (χ0) is 22.7. The van der Waals surface area contributed by atoms with Crippen LogP contribution in [0.2, 0.25) is 0 Å². The second-order valence-electron chi connectivity index (χ2n) is 7.49. The van der Waals surface area contributed by atoms with E-state index in [0.717, 1.165) is 28.0 Å². The Morgan fingerprint density at radius 2 is 1.62 bits per heavy atom. The predicted octanol–water partition coefficient (Wildman–Crippen LogP) is 5.41. The third-order valence-corrected chi connectivity index (χ3v) is 6.85. The number of benzene rings is 3. The van der Waals surface area contributed by atoms with Crippen LogP contribution in [0.25, 0.3) is 11.5 Å². The molecule has 7 heteroatoms. The zero-order valence-electron chi connectivity index (χ0n) is 18.1. The van der Waals surface area contributed by atoms with Crippen molar-refractivity contribution in [3.63, 3.8) is 0 Å². The number of hydrogen-bond donors (Lipinski definition) is 1. The van der Waals surface area contributed by atoms with Gasteiger partial charge in [0.05, 0.1) is 12.0 Å². The van der Waals surface area contributed by atoms with E-state index < -0.39 is 9.84 Å². The highest BCUT2D eigenvalue weighted by molar-refractivity contribution is 7.91. The van der Waals surface area contributed by atoms with Gasteiger partial charge in [-0.3, -0.25) is 0 Å². The average Bonchev–Trinajstić information content (AvgIpc) is 3.23. The minimum atomic E-state index is -3.89. The van der Waals surface area contributed by atoms with Crippen molar-refractivity contribution in [1.29, 1.82) is 0 Å². The monoisotopic (exact) mass is 448 g/mol. The molecule has 6 nitrogen and oxygen atoms in total. The van der Waals surface area contributed by atoms with Crippen molar-refractivity contribution >= 4 is 15.7 Å². The molecule has 164 valence electrons. The Kier molecular flexibility index (Phi) is 6.01. The summed E-state index contributed by atoms with van der Waals surface area (Å²) in [5.41, 5.74) is 3.60. The van der Waals surface area contributed by atoms with Crippen LogP contribution in [-0.4, -0.2) is 20.5 Å². The van der Waals surface area contributed by atoms with Gasteiger partial charge in [0.2, 0.25) is 26.6 Å².